The minimum Gasteiger partial charge on any atom is -0.487 e. The summed E-state index contributed by atoms with van der Waals surface area (Å²) in [6, 6.07) is 10.1. The predicted octanol–water partition coefficient (Wildman–Crippen LogP) is 3.88. The van der Waals surface area contributed by atoms with E-state index in [1.165, 1.54) is 12.1 Å². The van der Waals surface area contributed by atoms with Crippen LogP contribution in [0.4, 0.5) is 5.69 Å². The molecule has 2 rings (SSSR count). The van der Waals surface area contributed by atoms with E-state index in [4.69, 9.17) is 9.84 Å². The van der Waals surface area contributed by atoms with E-state index in [1.807, 2.05) is 12.1 Å². The zero-order valence-electron chi connectivity index (χ0n) is 10.8. The van der Waals surface area contributed by atoms with Crippen LogP contribution in [0.3, 0.4) is 0 Å². The van der Waals surface area contributed by atoms with Gasteiger partial charge in [-0.1, -0.05) is 12.1 Å². The van der Waals surface area contributed by atoms with Crippen molar-refractivity contribution in [1.82, 2.24) is 0 Å². The molecule has 2 aromatic carbocycles. The van der Waals surface area contributed by atoms with Gasteiger partial charge >= 0.3 is 0 Å². The van der Waals surface area contributed by atoms with Gasteiger partial charge in [-0.25, -0.2) is 0 Å². The summed E-state index contributed by atoms with van der Waals surface area (Å²) < 4.78 is 7.56. The maximum atomic E-state index is 10.7. The summed E-state index contributed by atoms with van der Waals surface area (Å²) in [6.07, 6.45) is 0. The SMILES string of the molecule is O=[N+]([O-])c1cccc(COc2c(I)cc(CO)cc2I)c1. The van der Waals surface area contributed by atoms with Crippen LogP contribution in [0.2, 0.25) is 0 Å². The van der Waals surface area contributed by atoms with E-state index in [0.29, 0.717) is 0 Å². The average Bonchev–Trinajstić information content (AvgIpc) is 2.46. The first-order chi connectivity index (χ1) is 10.0. The first-order valence-corrected chi connectivity index (χ1v) is 8.12. The van der Waals surface area contributed by atoms with Crippen LogP contribution in [-0.4, -0.2) is 10.0 Å². The molecular weight excluding hydrogens is 500 g/mol. The molecular formula is C14H11I2NO4. The van der Waals surface area contributed by atoms with Crippen molar-refractivity contribution in [3.8, 4) is 5.75 Å². The van der Waals surface area contributed by atoms with E-state index < -0.39 is 4.92 Å². The van der Waals surface area contributed by atoms with Gasteiger partial charge in [0.15, 0.2) is 0 Å². The van der Waals surface area contributed by atoms with Gasteiger partial charge in [0.2, 0.25) is 0 Å². The Morgan fingerprint density at radius 1 is 1.14 bits per heavy atom. The minimum absolute atomic E-state index is 0.0167. The highest BCUT2D eigenvalue weighted by molar-refractivity contribution is 14.1. The normalized spacial score (nSPS) is 10.4. The van der Waals surface area contributed by atoms with Crippen LogP contribution in [0.25, 0.3) is 0 Å². The first kappa shape index (κ1) is 16.4. The van der Waals surface area contributed by atoms with E-state index in [0.717, 1.165) is 24.0 Å². The van der Waals surface area contributed by atoms with Crippen LogP contribution in [0, 0.1) is 17.3 Å². The summed E-state index contributed by atoms with van der Waals surface area (Å²) in [5.41, 5.74) is 1.62. The Morgan fingerprint density at radius 3 is 2.38 bits per heavy atom. The van der Waals surface area contributed by atoms with E-state index in [9.17, 15) is 10.1 Å². The van der Waals surface area contributed by atoms with Gasteiger partial charge < -0.3 is 9.84 Å². The van der Waals surface area contributed by atoms with Crippen molar-refractivity contribution < 1.29 is 14.8 Å². The molecule has 0 unspecified atom stereocenters. The van der Waals surface area contributed by atoms with E-state index >= 15 is 0 Å². The third kappa shape index (κ3) is 4.27. The van der Waals surface area contributed by atoms with Crippen molar-refractivity contribution in [2.45, 2.75) is 13.2 Å². The molecule has 0 aliphatic rings. The maximum absolute atomic E-state index is 10.7. The number of aliphatic hydroxyl groups excluding tert-OH is 1. The Bertz CT molecular complexity index is 653. The topological polar surface area (TPSA) is 72.6 Å². The molecule has 7 heteroatoms. The molecule has 0 spiro atoms. The average molecular weight is 511 g/mol. The number of non-ortho nitro benzene ring substituents is 1. The lowest BCUT2D eigenvalue weighted by atomic mass is 10.2. The highest BCUT2D eigenvalue weighted by Crippen LogP contribution is 2.30. The number of ether oxygens (including phenoxy) is 1. The third-order valence-corrected chi connectivity index (χ3v) is 4.35. The van der Waals surface area contributed by atoms with Gasteiger partial charge in [0.05, 0.1) is 18.7 Å². The smallest absolute Gasteiger partial charge is 0.269 e. The second kappa shape index (κ2) is 7.36. The van der Waals surface area contributed by atoms with Crippen LogP contribution in [0.1, 0.15) is 11.1 Å². The first-order valence-electron chi connectivity index (χ1n) is 5.96. The zero-order valence-corrected chi connectivity index (χ0v) is 15.1. The van der Waals surface area contributed by atoms with Gasteiger partial charge in [0.1, 0.15) is 12.4 Å². The van der Waals surface area contributed by atoms with Crippen molar-refractivity contribution in [2.75, 3.05) is 0 Å². The van der Waals surface area contributed by atoms with E-state index in [1.54, 1.807) is 12.1 Å². The van der Waals surface area contributed by atoms with Gasteiger partial charge in [-0.15, -0.1) is 0 Å². The van der Waals surface area contributed by atoms with Gasteiger partial charge in [-0.2, -0.15) is 0 Å². The number of nitrogens with zero attached hydrogens (tertiary/aromatic N) is 1. The molecule has 110 valence electrons. The van der Waals surface area contributed by atoms with Gasteiger partial charge in [-0.3, -0.25) is 10.1 Å². The van der Waals surface area contributed by atoms with Crippen LogP contribution >= 0.6 is 45.2 Å². The summed E-state index contributed by atoms with van der Waals surface area (Å²) in [5.74, 6) is 0.722. The Kier molecular flexibility index (Phi) is 5.76. The van der Waals surface area contributed by atoms with Crippen molar-refractivity contribution in [1.29, 1.82) is 0 Å². The molecule has 0 bridgehead atoms. The van der Waals surface area contributed by atoms with E-state index in [2.05, 4.69) is 45.2 Å². The second-order valence-corrected chi connectivity index (χ2v) is 6.59. The molecule has 0 aliphatic carbocycles. The number of hydrogen-bond donors (Lipinski definition) is 1. The number of rotatable bonds is 5. The van der Waals surface area contributed by atoms with Crippen LogP contribution in [0.15, 0.2) is 36.4 Å². The Balaban J connectivity index is 2.17. The highest BCUT2D eigenvalue weighted by Gasteiger charge is 2.10. The lowest BCUT2D eigenvalue weighted by Gasteiger charge is -2.12. The van der Waals surface area contributed by atoms with Gasteiger partial charge in [-0.05, 0) is 68.4 Å². The number of halogens is 2. The largest absolute Gasteiger partial charge is 0.487 e. The summed E-state index contributed by atoms with van der Waals surface area (Å²) in [4.78, 5) is 10.3. The van der Waals surface area contributed by atoms with Gasteiger partial charge in [0.25, 0.3) is 5.69 Å². The summed E-state index contributed by atoms with van der Waals surface area (Å²) >= 11 is 4.29. The van der Waals surface area contributed by atoms with E-state index in [-0.39, 0.29) is 18.9 Å². The van der Waals surface area contributed by atoms with Crippen LogP contribution < -0.4 is 4.74 Å². The van der Waals surface area contributed by atoms with Gasteiger partial charge in [0, 0.05) is 12.1 Å². The minimum atomic E-state index is -0.424. The fourth-order valence-corrected chi connectivity index (χ4v) is 3.97. The zero-order chi connectivity index (χ0) is 15.4. The molecule has 0 amide bonds. The molecule has 0 aliphatic heterocycles. The molecule has 2 aromatic rings. The fraction of sp³-hybridized carbons (Fsp3) is 0.143. The molecule has 0 fully saturated rings. The van der Waals surface area contributed by atoms with Crippen molar-refractivity contribution in [3.63, 3.8) is 0 Å². The monoisotopic (exact) mass is 511 g/mol. The Morgan fingerprint density at radius 2 is 1.81 bits per heavy atom. The Labute approximate surface area is 148 Å². The lowest BCUT2D eigenvalue weighted by Crippen LogP contribution is -2.01. The number of hydrogen-bond acceptors (Lipinski definition) is 4. The summed E-state index contributed by atoms with van der Waals surface area (Å²) in [5, 5.41) is 19.9. The predicted molar refractivity (Wildman–Crippen MR) is 95.2 cm³/mol. The number of benzene rings is 2. The highest BCUT2D eigenvalue weighted by atomic mass is 127. The standard InChI is InChI=1S/C14H11I2NO4/c15-12-5-10(7-18)6-13(16)14(12)21-8-9-2-1-3-11(4-9)17(19)20/h1-6,18H,7-8H2. The second-order valence-electron chi connectivity index (χ2n) is 4.26. The number of aliphatic hydroxyl groups is 1. The van der Waals surface area contributed by atoms with Crippen LogP contribution in [0.5, 0.6) is 5.75 Å². The van der Waals surface area contributed by atoms with Crippen molar-refractivity contribution >= 4 is 50.9 Å². The molecule has 0 atom stereocenters. The quantitative estimate of drug-likeness (QED) is 0.376. The Hall–Kier alpha value is -0.940. The summed E-state index contributed by atoms with van der Waals surface area (Å²) in [6.45, 7) is 0.239. The molecule has 0 saturated carbocycles. The van der Waals surface area contributed by atoms with Crippen molar-refractivity contribution in [2.24, 2.45) is 0 Å². The molecule has 0 heterocycles. The lowest BCUT2D eigenvalue weighted by molar-refractivity contribution is -0.384. The number of nitro benzene ring substituents is 1. The van der Waals surface area contributed by atoms with Crippen LogP contribution in [-0.2, 0) is 13.2 Å². The maximum Gasteiger partial charge on any atom is 0.269 e. The fourth-order valence-electron chi connectivity index (χ4n) is 1.76. The molecule has 0 radical (unpaired) electrons. The molecule has 21 heavy (non-hydrogen) atoms. The molecule has 0 saturated heterocycles. The van der Waals surface area contributed by atoms with Crippen molar-refractivity contribution in [3.05, 3.63) is 64.8 Å². The molecule has 1 N–H and O–H groups in total. The molecule has 5 nitrogen and oxygen atoms in total. The molecule has 0 aromatic heterocycles. The number of nitro groups is 1. The third-order valence-electron chi connectivity index (χ3n) is 2.75. The summed E-state index contributed by atoms with van der Waals surface area (Å²) in [7, 11) is 0.